The van der Waals surface area contributed by atoms with Crippen molar-refractivity contribution in [3.63, 3.8) is 0 Å². The molecular weight excluding hydrogens is 296 g/mol. The topological polar surface area (TPSA) is 86.7 Å². The molecule has 1 aliphatic carbocycles. The van der Waals surface area contributed by atoms with Crippen LogP contribution in [0.15, 0.2) is 54.3 Å². The second kappa shape index (κ2) is 6.02. The van der Waals surface area contributed by atoms with Gasteiger partial charge in [0.15, 0.2) is 11.5 Å². The van der Waals surface area contributed by atoms with Gasteiger partial charge in [-0.25, -0.2) is 4.18 Å². The molecule has 0 bridgehead atoms. The molecule has 1 aliphatic rings. The predicted molar refractivity (Wildman–Crippen MR) is 73.4 cm³/mol. The lowest BCUT2D eigenvalue weighted by Gasteiger charge is -2.19. The summed E-state index contributed by atoms with van der Waals surface area (Å²) in [6.45, 7) is 0. The van der Waals surface area contributed by atoms with Gasteiger partial charge < -0.3 is 4.74 Å². The number of benzene rings is 1. The Morgan fingerprint density at radius 1 is 1.05 bits per heavy atom. The minimum atomic E-state index is -3.82. The second-order valence-electron chi connectivity index (χ2n) is 4.27. The van der Waals surface area contributed by atoms with E-state index in [0.717, 1.165) is 24.5 Å². The number of ketones is 2. The molecule has 1 aromatic carbocycles. The van der Waals surface area contributed by atoms with Crippen LogP contribution in [0.25, 0.3) is 0 Å². The number of ether oxygens (including phenoxy) is 1. The molecule has 0 N–H and O–H groups in total. The third-order valence-electron chi connectivity index (χ3n) is 2.48. The molecule has 110 valence electrons. The van der Waals surface area contributed by atoms with E-state index in [4.69, 9.17) is 8.92 Å². The maximum Gasteiger partial charge on any atom is 0.267 e. The molecule has 0 saturated heterocycles. The zero-order valence-electron chi connectivity index (χ0n) is 11.1. The van der Waals surface area contributed by atoms with Gasteiger partial charge in [0.05, 0.1) is 6.26 Å². The number of hydrogen-bond acceptors (Lipinski definition) is 6. The van der Waals surface area contributed by atoms with Crippen LogP contribution in [0.3, 0.4) is 0 Å². The Balaban J connectivity index is 2.29. The largest absolute Gasteiger partial charge is 0.455 e. The highest BCUT2D eigenvalue weighted by Crippen LogP contribution is 2.25. The van der Waals surface area contributed by atoms with Crippen LogP contribution in [-0.4, -0.2) is 26.2 Å². The summed E-state index contributed by atoms with van der Waals surface area (Å²) in [6.07, 6.45) is 2.68. The fraction of sp³-hybridized carbons (Fsp3) is 0.143. The van der Waals surface area contributed by atoms with Crippen molar-refractivity contribution < 1.29 is 26.9 Å². The third kappa shape index (κ3) is 4.37. The van der Waals surface area contributed by atoms with E-state index in [-0.39, 0.29) is 5.76 Å². The molecule has 2 rings (SSSR count). The summed E-state index contributed by atoms with van der Waals surface area (Å²) in [5, 5.41) is 0. The van der Waals surface area contributed by atoms with E-state index in [1.165, 1.54) is 0 Å². The molecule has 0 aliphatic heterocycles. The van der Waals surface area contributed by atoms with E-state index in [2.05, 4.69) is 0 Å². The molecule has 6 nitrogen and oxygen atoms in total. The highest BCUT2D eigenvalue weighted by Gasteiger charge is 2.24. The van der Waals surface area contributed by atoms with Gasteiger partial charge in [0.2, 0.25) is 12.1 Å². The van der Waals surface area contributed by atoms with Crippen molar-refractivity contribution in [2.45, 2.75) is 6.29 Å². The summed E-state index contributed by atoms with van der Waals surface area (Å²) >= 11 is 0. The van der Waals surface area contributed by atoms with Crippen LogP contribution < -0.4 is 0 Å². The van der Waals surface area contributed by atoms with E-state index in [0.29, 0.717) is 5.56 Å². The summed E-state index contributed by atoms with van der Waals surface area (Å²) in [5.41, 5.74) is 0.402. The predicted octanol–water partition coefficient (Wildman–Crippen LogP) is 1.27. The van der Waals surface area contributed by atoms with Gasteiger partial charge in [-0.15, -0.1) is 0 Å². The molecule has 0 saturated carbocycles. The zero-order chi connectivity index (χ0) is 15.5. The number of hydrogen-bond donors (Lipinski definition) is 0. The Labute approximate surface area is 121 Å². The monoisotopic (exact) mass is 308 g/mol. The smallest absolute Gasteiger partial charge is 0.267 e. The van der Waals surface area contributed by atoms with Crippen molar-refractivity contribution in [3.05, 3.63) is 59.9 Å². The molecule has 21 heavy (non-hydrogen) atoms. The summed E-state index contributed by atoms with van der Waals surface area (Å²) in [7, 11) is -3.82. The van der Waals surface area contributed by atoms with Gasteiger partial charge in [-0.1, -0.05) is 30.3 Å². The summed E-state index contributed by atoms with van der Waals surface area (Å²) in [4.78, 5) is 22.9. The maximum atomic E-state index is 11.6. The molecule has 0 fully saturated rings. The molecule has 0 spiro atoms. The van der Waals surface area contributed by atoms with E-state index in [9.17, 15) is 18.0 Å². The fourth-order valence-corrected chi connectivity index (χ4v) is 2.08. The average Bonchev–Trinajstić information content (AvgIpc) is 2.42. The highest BCUT2D eigenvalue weighted by molar-refractivity contribution is 7.86. The molecule has 0 aromatic heterocycles. The average molecular weight is 308 g/mol. The number of carbonyl (C=O) groups excluding carboxylic acids is 2. The van der Waals surface area contributed by atoms with Gasteiger partial charge >= 0.3 is 0 Å². The summed E-state index contributed by atoms with van der Waals surface area (Å²) in [6, 6.07) is 8.24. The van der Waals surface area contributed by atoms with Crippen molar-refractivity contribution in [2.75, 3.05) is 6.26 Å². The third-order valence-corrected chi connectivity index (χ3v) is 3.01. The van der Waals surface area contributed by atoms with Crippen molar-refractivity contribution in [1.82, 2.24) is 0 Å². The normalized spacial score (nSPS) is 16.5. The van der Waals surface area contributed by atoms with Gasteiger partial charge in [-0.2, -0.15) is 8.42 Å². The van der Waals surface area contributed by atoms with Crippen LogP contribution in [0, 0.1) is 0 Å². The van der Waals surface area contributed by atoms with Crippen LogP contribution in [0.2, 0.25) is 0 Å². The summed E-state index contributed by atoms with van der Waals surface area (Å²) in [5.74, 6) is -1.22. The van der Waals surface area contributed by atoms with E-state index in [1.54, 1.807) is 30.3 Å². The first kappa shape index (κ1) is 15.1. The van der Waals surface area contributed by atoms with Gasteiger partial charge in [0, 0.05) is 11.6 Å². The molecule has 0 radical (unpaired) electrons. The Hall–Kier alpha value is -2.25. The van der Waals surface area contributed by atoms with Gasteiger partial charge in [0.1, 0.15) is 0 Å². The fourth-order valence-electron chi connectivity index (χ4n) is 1.61. The van der Waals surface area contributed by atoms with Crippen LogP contribution in [-0.2, 0) is 28.6 Å². The van der Waals surface area contributed by atoms with E-state index < -0.39 is 28.0 Å². The highest BCUT2D eigenvalue weighted by atomic mass is 32.2. The first-order valence-electron chi connectivity index (χ1n) is 5.93. The lowest BCUT2D eigenvalue weighted by Crippen LogP contribution is -2.18. The first-order valence-corrected chi connectivity index (χ1v) is 7.75. The molecular formula is C14H12O6S. The van der Waals surface area contributed by atoms with Crippen LogP contribution in [0.5, 0.6) is 0 Å². The maximum absolute atomic E-state index is 11.6. The first-order chi connectivity index (χ1) is 9.85. The Morgan fingerprint density at radius 2 is 1.71 bits per heavy atom. The van der Waals surface area contributed by atoms with Gasteiger partial charge in [-0.05, 0) is 12.2 Å². The van der Waals surface area contributed by atoms with Crippen LogP contribution in [0.4, 0.5) is 0 Å². The number of carbonyl (C=O) groups is 2. The van der Waals surface area contributed by atoms with Gasteiger partial charge in [0.25, 0.3) is 10.1 Å². The number of allylic oxidation sites excluding steroid dienone is 3. The van der Waals surface area contributed by atoms with E-state index in [1.807, 2.05) is 0 Å². The quantitative estimate of drug-likeness (QED) is 0.462. The molecule has 1 aromatic rings. The molecule has 1 unspecified atom stereocenters. The minimum Gasteiger partial charge on any atom is -0.455 e. The molecule has 1 atom stereocenters. The van der Waals surface area contributed by atoms with Gasteiger partial charge in [-0.3, -0.25) is 9.59 Å². The molecule has 0 amide bonds. The van der Waals surface area contributed by atoms with Crippen molar-refractivity contribution in [1.29, 1.82) is 0 Å². The minimum absolute atomic E-state index is 0.264. The number of rotatable bonds is 5. The standard InChI is InChI=1S/C14H12O6S/c1-21(17,18)20-14(10-5-3-2-4-6-10)19-13-9-11(15)7-8-12(13)16/h2-9,14H,1H3. The molecule has 0 heterocycles. The van der Waals surface area contributed by atoms with Crippen LogP contribution >= 0.6 is 0 Å². The summed E-state index contributed by atoms with van der Waals surface area (Å²) < 4.78 is 32.7. The zero-order valence-corrected chi connectivity index (χ0v) is 11.9. The van der Waals surface area contributed by atoms with Crippen molar-refractivity contribution in [3.8, 4) is 0 Å². The Bertz CT molecular complexity index is 715. The SMILES string of the molecule is CS(=O)(=O)OC(OC1=CC(=O)C=CC1=O)c1ccccc1. The van der Waals surface area contributed by atoms with Crippen molar-refractivity contribution in [2.24, 2.45) is 0 Å². The second-order valence-corrected chi connectivity index (χ2v) is 5.87. The Morgan fingerprint density at radius 3 is 2.33 bits per heavy atom. The van der Waals surface area contributed by atoms with E-state index >= 15 is 0 Å². The van der Waals surface area contributed by atoms with Crippen LogP contribution in [0.1, 0.15) is 11.9 Å². The lowest BCUT2D eigenvalue weighted by atomic mass is 10.1. The van der Waals surface area contributed by atoms with Crippen molar-refractivity contribution >= 4 is 21.7 Å². The Kier molecular flexibility index (Phi) is 4.35. The molecule has 7 heteroatoms. The lowest BCUT2D eigenvalue weighted by molar-refractivity contribution is -0.122.